The standard InChI is InChI=1S/C11H12N2O6/c12-6(4-14)11(17)19-5-13-7-1-2-18-9(7)3-8(13)10(15)16/h1-3,6,14H,4-5,12H2,(H,15,16)/t6-/m0/s1. The Bertz CT molecular complexity index is 614. The van der Waals surface area contributed by atoms with Crippen molar-refractivity contribution in [3.05, 3.63) is 24.1 Å². The van der Waals surface area contributed by atoms with E-state index in [4.69, 9.17) is 25.1 Å². The average molecular weight is 268 g/mol. The van der Waals surface area contributed by atoms with Crippen LogP contribution in [0.25, 0.3) is 11.1 Å². The summed E-state index contributed by atoms with van der Waals surface area (Å²) >= 11 is 0. The lowest BCUT2D eigenvalue weighted by Gasteiger charge is -2.11. The smallest absolute Gasteiger partial charge is 0.352 e. The Balaban J connectivity index is 2.23. The Labute approximate surface area is 107 Å². The Morgan fingerprint density at radius 1 is 1.53 bits per heavy atom. The fourth-order valence-electron chi connectivity index (χ4n) is 1.60. The van der Waals surface area contributed by atoms with Gasteiger partial charge in [-0.25, -0.2) is 4.79 Å². The number of fused-ring (bicyclic) bond motifs is 1. The molecule has 0 fully saturated rings. The van der Waals surface area contributed by atoms with Gasteiger partial charge in [-0.15, -0.1) is 0 Å². The molecule has 19 heavy (non-hydrogen) atoms. The van der Waals surface area contributed by atoms with Gasteiger partial charge >= 0.3 is 11.9 Å². The molecule has 0 radical (unpaired) electrons. The number of nitrogens with two attached hydrogens (primary N) is 1. The van der Waals surface area contributed by atoms with Crippen molar-refractivity contribution in [1.29, 1.82) is 0 Å². The van der Waals surface area contributed by atoms with Gasteiger partial charge in [0.15, 0.2) is 12.3 Å². The minimum absolute atomic E-state index is 0.0697. The van der Waals surface area contributed by atoms with Gasteiger partial charge in [0.2, 0.25) is 0 Å². The number of ether oxygens (including phenoxy) is 1. The number of esters is 1. The van der Waals surface area contributed by atoms with Crippen molar-refractivity contribution < 1.29 is 29.0 Å². The quantitative estimate of drug-likeness (QED) is 0.638. The van der Waals surface area contributed by atoms with Crippen LogP contribution in [0.4, 0.5) is 0 Å². The molecule has 2 aromatic rings. The first-order chi connectivity index (χ1) is 9.04. The van der Waals surface area contributed by atoms with Gasteiger partial charge in [0.1, 0.15) is 11.7 Å². The Kier molecular flexibility index (Phi) is 3.54. The highest BCUT2D eigenvalue weighted by molar-refractivity contribution is 5.92. The third kappa shape index (κ3) is 2.44. The molecule has 0 unspecified atom stereocenters. The normalized spacial score (nSPS) is 12.5. The summed E-state index contributed by atoms with van der Waals surface area (Å²) in [6, 6.07) is 1.74. The number of carbonyl (C=O) groups is 2. The number of aromatic carboxylic acids is 1. The zero-order chi connectivity index (χ0) is 14.0. The molecule has 1 atom stereocenters. The van der Waals surface area contributed by atoms with Crippen LogP contribution in [0.2, 0.25) is 0 Å². The first-order valence-electron chi connectivity index (χ1n) is 5.37. The number of aliphatic hydroxyl groups is 1. The SMILES string of the molecule is N[C@@H](CO)C(=O)OCn1c(C(=O)O)cc2occc21. The summed E-state index contributed by atoms with van der Waals surface area (Å²) in [5.41, 5.74) is 6.07. The van der Waals surface area contributed by atoms with E-state index in [2.05, 4.69) is 0 Å². The van der Waals surface area contributed by atoms with Crippen LogP contribution in [0.3, 0.4) is 0 Å². The van der Waals surface area contributed by atoms with E-state index in [-0.39, 0.29) is 12.4 Å². The number of nitrogens with zero attached hydrogens (tertiary/aromatic N) is 1. The molecule has 102 valence electrons. The first kappa shape index (κ1) is 13.1. The molecule has 0 aliphatic carbocycles. The molecule has 0 aliphatic heterocycles. The summed E-state index contributed by atoms with van der Waals surface area (Å²) < 4.78 is 11.2. The van der Waals surface area contributed by atoms with Crippen LogP contribution in [-0.4, -0.2) is 39.4 Å². The molecule has 0 saturated heterocycles. The summed E-state index contributed by atoms with van der Waals surface area (Å²) in [5.74, 6) is -1.99. The molecule has 0 saturated carbocycles. The fraction of sp³-hybridized carbons (Fsp3) is 0.273. The number of aliphatic hydroxyl groups excluding tert-OH is 1. The Morgan fingerprint density at radius 3 is 2.89 bits per heavy atom. The van der Waals surface area contributed by atoms with E-state index in [0.717, 1.165) is 0 Å². The minimum atomic E-state index is -1.17. The summed E-state index contributed by atoms with van der Waals surface area (Å²) in [7, 11) is 0. The van der Waals surface area contributed by atoms with Gasteiger partial charge in [0, 0.05) is 12.1 Å². The lowest BCUT2D eigenvalue weighted by atomic mass is 10.3. The molecule has 0 amide bonds. The summed E-state index contributed by atoms with van der Waals surface area (Å²) in [4.78, 5) is 22.4. The fourth-order valence-corrected chi connectivity index (χ4v) is 1.60. The molecule has 4 N–H and O–H groups in total. The Hall–Kier alpha value is -2.32. The number of aromatic nitrogens is 1. The van der Waals surface area contributed by atoms with Crippen LogP contribution in [0.15, 0.2) is 22.8 Å². The predicted molar refractivity (Wildman–Crippen MR) is 62.3 cm³/mol. The summed E-state index contributed by atoms with van der Waals surface area (Å²) in [5, 5.41) is 17.7. The van der Waals surface area contributed by atoms with Gasteiger partial charge in [0.25, 0.3) is 0 Å². The maximum Gasteiger partial charge on any atom is 0.352 e. The van der Waals surface area contributed by atoms with E-state index in [0.29, 0.717) is 11.1 Å². The maximum absolute atomic E-state index is 11.3. The highest BCUT2D eigenvalue weighted by Gasteiger charge is 2.19. The van der Waals surface area contributed by atoms with Crippen LogP contribution in [0, 0.1) is 0 Å². The molecule has 2 rings (SSSR count). The van der Waals surface area contributed by atoms with Crippen molar-refractivity contribution in [3.8, 4) is 0 Å². The molecule has 8 nitrogen and oxygen atoms in total. The topological polar surface area (TPSA) is 128 Å². The van der Waals surface area contributed by atoms with E-state index >= 15 is 0 Å². The van der Waals surface area contributed by atoms with Gasteiger partial charge < -0.3 is 25.1 Å². The van der Waals surface area contributed by atoms with Crippen LogP contribution in [0.1, 0.15) is 10.5 Å². The number of rotatable bonds is 5. The molecule has 0 spiro atoms. The minimum Gasteiger partial charge on any atom is -0.477 e. The number of carboxylic acid groups (broad SMARTS) is 1. The zero-order valence-corrected chi connectivity index (χ0v) is 9.78. The molecule has 8 heteroatoms. The average Bonchev–Trinajstić information content (AvgIpc) is 2.95. The predicted octanol–water partition coefficient (Wildman–Crippen LogP) is -0.247. The molecule has 0 aliphatic rings. The number of carbonyl (C=O) groups excluding carboxylic acids is 1. The van der Waals surface area contributed by atoms with Crippen LogP contribution >= 0.6 is 0 Å². The molecule has 0 aromatic carbocycles. The third-order valence-corrected chi connectivity index (χ3v) is 2.58. The first-order valence-corrected chi connectivity index (χ1v) is 5.37. The van der Waals surface area contributed by atoms with Gasteiger partial charge in [-0.3, -0.25) is 9.36 Å². The van der Waals surface area contributed by atoms with E-state index in [9.17, 15) is 9.59 Å². The van der Waals surface area contributed by atoms with Gasteiger partial charge in [-0.2, -0.15) is 0 Å². The highest BCUT2D eigenvalue weighted by atomic mass is 16.5. The number of furan rings is 1. The highest BCUT2D eigenvalue weighted by Crippen LogP contribution is 2.21. The lowest BCUT2D eigenvalue weighted by Crippen LogP contribution is -2.36. The second kappa shape index (κ2) is 5.12. The van der Waals surface area contributed by atoms with E-state index in [1.54, 1.807) is 6.07 Å². The molecule has 0 bridgehead atoms. The van der Waals surface area contributed by atoms with Crippen molar-refractivity contribution in [3.63, 3.8) is 0 Å². The van der Waals surface area contributed by atoms with Crippen LogP contribution in [-0.2, 0) is 16.3 Å². The second-order valence-corrected chi connectivity index (χ2v) is 3.81. The molecule has 2 aromatic heterocycles. The monoisotopic (exact) mass is 268 g/mol. The van der Waals surface area contributed by atoms with Gasteiger partial charge in [-0.1, -0.05) is 0 Å². The summed E-state index contributed by atoms with van der Waals surface area (Å²) in [6.07, 6.45) is 1.40. The summed E-state index contributed by atoms with van der Waals surface area (Å²) in [6.45, 7) is -0.866. The van der Waals surface area contributed by atoms with Crippen LogP contribution < -0.4 is 5.73 Å². The maximum atomic E-state index is 11.3. The Morgan fingerprint density at radius 2 is 2.26 bits per heavy atom. The van der Waals surface area contributed by atoms with Crippen molar-refractivity contribution in [2.45, 2.75) is 12.8 Å². The molecule has 2 heterocycles. The van der Waals surface area contributed by atoms with Crippen LogP contribution in [0.5, 0.6) is 0 Å². The van der Waals surface area contributed by atoms with E-state index in [1.807, 2.05) is 0 Å². The van der Waals surface area contributed by atoms with Crippen molar-refractivity contribution in [2.75, 3.05) is 6.61 Å². The third-order valence-electron chi connectivity index (χ3n) is 2.58. The van der Waals surface area contributed by atoms with Crippen molar-refractivity contribution >= 4 is 23.0 Å². The lowest BCUT2D eigenvalue weighted by molar-refractivity contribution is -0.149. The van der Waals surface area contributed by atoms with Crippen molar-refractivity contribution in [2.24, 2.45) is 5.73 Å². The largest absolute Gasteiger partial charge is 0.477 e. The van der Waals surface area contributed by atoms with Gasteiger partial charge in [-0.05, 0) is 0 Å². The van der Waals surface area contributed by atoms with E-state index in [1.165, 1.54) is 16.9 Å². The number of hydrogen-bond acceptors (Lipinski definition) is 6. The second-order valence-electron chi connectivity index (χ2n) is 3.81. The van der Waals surface area contributed by atoms with Gasteiger partial charge in [0.05, 0.1) is 18.4 Å². The number of hydrogen-bond donors (Lipinski definition) is 3. The zero-order valence-electron chi connectivity index (χ0n) is 9.78. The van der Waals surface area contributed by atoms with E-state index < -0.39 is 24.6 Å². The number of carboxylic acids is 1. The molecular formula is C11H12N2O6. The molecular weight excluding hydrogens is 256 g/mol. The van der Waals surface area contributed by atoms with Crippen molar-refractivity contribution in [1.82, 2.24) is 4.57 Å².